The summed E-state index contributed by atoms with van der Waals surface area (Å²) in [6.45, 7) is 10.3. The molecule has 0 radical (unpaired) electrons. The van der Waals surface area contributed by atoms with Crippen molar-refractivity contribution >= 4 is 8.32 Å². The highest BCUT2D eigenvalue weighted by atomic mass is 28.4. The lowest BCUT2D eigenvalue weighted by atomic mass is 10.1. The lowest BCUT2D eigenvalue weighted by molar-refractivity contribution is -0.275. The highest BCUT2D eigenvalue weighted by molar-refractivity contribution is 6.74. The summed E-state index contributed by atoms with van der Waals surface area (Å²) in [7, 11) is -2.09. The average Bonchev–Trinajstić information content (AvgIpc) is 2.36. The zero-order valence-electron chi connectivity index (χ0n) is 14.3. The van der Waals surface area contributed by atoms with Gasteiger partial charge in [-0.3, -0.25) is 0 Å². The molecule has 0 aromatic heterocycles. The van der Waals surface area contributed by atoms with Gasteiger partial charge in [0, 0.05) is 12.2 Å². The Morgan fingerprint density at radius 2 is 1.74 bits per heavy atom. The number of hydrogen-bond donors (Lipinski definition) is 1. The van der Waals surface area contributed by atoms with Crippen LogP contribution in [-0.4, -0.2) is 26.4 Å². The topological polar surface area (TPSA) is 38.7 Å². The molecule has 3 nitrogen and oxygen atoms in total. The second kappa shape index (κ2) is 7.23. The molecule has 7 heteroatoms. The number of benzene rings is 1. The van der Waals surface area contributed by atoms with Gasteiger partial charge in [0.2, 0.25) is 0 Å². The molecule has 1 aromatic rings. The van der Waals surface area contributed by atoms with E-state index in [1.165, 1.54) is 12.1 Å². The summed E-state index contributed by atoms with van der Waals surface area (Å²) in [5.41, 5.74) is 1.09. The fourth-order valence-electron chi connectivity index (χ4n) is 1.73. The Hall–Kier alpha value is -1.05. The van der Waals surface area contributed by atoms with Crippen LogP contribution < -0.4 is 4.74 Å². The van der Waals surface area contributed by atoms with Crippen LogP contribution in [0.1, 0.15) is 31.9 Å². The summed E-state index contributed by atoms with van der Waals surface area (Å²) in [6.07, 6.45) is -4.37. The van der Waals surface area contributed by atoms with Crippen LogP contribution >= 0.6 is 0 Å². The Labute approximate surface area is 136 Å². The lowest BCUT2D eigenvalue weighted by Crippen LogP contribution is -2.40. The minimum absolute atomic E-state index is 0.0409. The van der Waals surface area contributed by atoms with Crippen LogP contribution in [0, 0.1) is 0 Å². The monoisotopic (exact) mass is 350 g/mol. The predicted molar refractivity (Wildman–Crippen MR) is 85.9 cm³/mol. The molecule has 23 heavy (non-hydrogen) atoms. The molecule has 0 heterocycles. The molecule has 132 valence electrons. The van der Waals surface area contributed by atoms with Gasteiger partial charge in [-0.25, -0.2) is 0 Å². The van der Waals surface area contributed by atoms with Gasteiger partial charge < -0.3 is 14.3 Å². The van der Waals surface area contributed by atoms with E-state index in [-0.39, 0.29) is 24.0 Å². The van der Waals surface area contributed by atoms with Gasteiger partial charge in [0.05, 0.1) is 6.61 Å². The minimum atomic E-state index is -4.75. The van der Waals surface area contributed by atoms with Crippen LogP contribution in [0.4, 0.5) is 13.2 Å². The third-order valence-corrected chi connectivity index (χ3v) is 8.62. The first-order valence-electron chi connectivity index (χ1n) is 7.48. The van der Waals surface area contributed by atoms with Gasteiger partial charge in [0.1, 0.15) is 5.75 Å². The third kappa shape index (κ3) is 6.16. The highest BCUT2D eigenvalue weighted by Crippen LogP contribution is 2.38. The second-order valence-corrected chi connectivity index (χ2v) is 11.8. The molecule has 0 aliphatic heterocycles. The maximum Gasteiger partial charge on any atom is 0.573 e. The van der Waals surface area contributed by atoms with Gasteiger partial charge in [0.15, 0.2) is 8.32 Å². The molecule has 0 atom stereocenters. The number of ether oxygens (including phenoxy) is 1. The number of aliphatic hydroxyl groups excluding tert-OH is 1. The van der Waals surface area contributed by atoms with Crippen molar-refractivity contribution in [2.24, 2.45) is 0 Å². The van der Waals surface area contributed by atoms with Gasteiger partial charge in [-0.05, 0) is 42.2 Å². The van der Waals surface area contributed by atoms with E-state index < -0.39 is 14.7 Å². The molecule has 0 spiro atoms. The van der Waals surface area contributed by atoms with Crippen LogP contribution in [0.5, 0.6) is 5.75 Å². The van der Waals surface area contributed by atoms with Crippen molar-refractivity contribution in [3.63, 3.8) is 0 Å². The molecule has 0 bridgehead atoms. The minimum Gasteiger partial charge on any atom is -0.412 e. The quantitative estimate of drug-likeness (QED) is 0.760. The fourth-order valence-corrected chi connectivity index (χ4v) is 2.68. The smallest absolute Gasteiger partial charge is 0.412 e. The van der Waals surface area contributed by atoms with Gasteiger partial charge in [-0.1, -0.05) is 26.8 Å². The Bertz CT molecular complexity index is 522. The maximum absolute atomic E-state index is 12.5. The first kappa shape index (κ1) is 20.0. The van der Waals surface area contributed by atoms with E-state index in [2.05, 4.69) is 25.5 Å². The molecule has 1 N–H and O–H groups in total. The molecular formula is C16H25F3O3Si. The van der Waals surface area contributed by atoms with Crippen molar-refractivity contribution in [2.75, 3.05) is 6.61 Å². The number of alkyl halides is 3. The van der Waals surface area contributed by atoms with Crippen molar-refractivity contribution in [3.8, 4) is 5.75 Å². The van der Waals surface area contributed by atoms with Crippen molar-refractivity contribution in [3.05, 3.63) is 29.3 Å². The van der Waals surface area contributed by atoms with E-state index in [0.29, 0.717) is 12.0 Å². The second-order valence-electron chi connectivity index (χ2n) is 7.01. The summed E-state index contributed by atoms with van der Waals surface area (Å²) < 4.78 is 47.7. The first-order chi connectivity index (χ1) is 10.4. The van der Waals surface area contributed by atoms with Crippen LogP contribution in [0.2, 0.25) is 18.1 Å². The molecule has 1 aromatic carbocycles. The molecular weight excluding hydrogens is 325 g/mol. The summed E-state index contributed by atoms with van der Waals surface area (Å²) in [5, 5.41) is 8.96. The normalized spacial score (nSPS) is 13.3. The van der Waals surface area contributed by atoms with Gasteiger partial charge >= 0.3 is 6.36 Å². The Morgan fingerprint density at radius 1 is 1.13 bits per heavy atom. The van der Waals surface area contributed by atoms with Crippen molar-refractivity contribution in [2.45, 2.75) is 58.3 Å². The van der Waals surface area contributed by atoms with E-state index >= 15 is 0 Å². The van der Waals surface area contributed by atoms with Crippen LogP contribution in [-0.2, 0) is 17.5 Å². The summed E-state index contributed by atoms with van der Waals surface area (Å²) in [5.74, 6) is -0.252. The van der Waals surface area contributed by atoms with E-state index in [0.717, 1.165) is 5.56 Å². The molecule has 0 aliphatic carbocycles. The summed E-state index contributed by atoms with van der Waals surface area (Å²) >= 11 is 0. The van der Waals surface area contributed by atoms with E-state index in [1.54, 1.807) is 6.07 Å². The van der Waals surface area contributed by atoms with E-state index in [9.17, 15) is 13.2 Å². The highest BCUT2D eigenvalue weighted by Gasteiger charge is 2.37. The Morgan fingerprint density at radius 3 is 2.22 bits per heavy atom. The number of halogens is 3. The number of hydrogen-bond acceptors (Lipinski definition) is 3. The molecule has 0 amide bonds. The fraction of sp³-hybridized carbons (Fsp3) is 0.625. The molecule has 0 aliphatic rings. The number of aliphatic hydroxyl groups is 1. The molecule has 1 rings (SSSR count). The lowest BCUT2D eigenvalue weighted by Gasteiger charge is -2.36. The maximum atomic E-state index is 12.5. The molecule has 0 saturated heterocycles. The summed E-state index contributed by atoms with van der Waals surface area (Å²) in [4.78, 5) is 0. The Kier molecular flexibility index (Phi) is 6.29. The van der Waals surface area contributed by atoms with E-state index in [4.69, 9.17) is 9.53 Å². The molecule has 0 unspecified atom stereocenters. The SMILES string of the molecule is CC(C)(C)[Si](C)(C)OCc1cc(CCO)ccc1OC(F)(F)F. The Balaban J connectivity index is 3.03. The zero-order valence-corrected chi connectivity index (χ0v) is 15.3. The van der Waals surface area contributed by atoms with Gasteiger partial charge in [-0.2, -0.15) is 0 Å². The third-order valence-electron chi connectivity index (χ3n) is 4.15. The zero-order chi connectivity index (χ0) is 17.9. The average molecular weight is 350 g/mol. The predicted octanol–water partition coefficient (Wildman–Crippen LogP) is 4.64. The van der Waals surface area contributed by atoms with Gasteiger partial charge in [-0.15, -0.1) is 13.2 Å². The largest absolute Gasteiger partial charge is 0.573 e. The standard InChI is InChI=1S/C16H25F3O3Si/c1-15(2,3)23(4,5)21-11-13-10-12(8-9-20)6-7-14(13)22-16(17,18)19/h6-7,10,20H,8-9,11H2,1-5H3. The molecule has 0 saturated carbocycles. The summed E-state index contributed by atoms with van der Waals surface area (Å²) in [6, 6.07) is 4.40. The van der Waals surface area contributed by atoms with Crippen LogP contribution in [0.15, 0.2) is 18.2 Å². The van der Waals surface area contributed by atoms with Gasteiger partial charge in [0.25, 0.3) is 0 Å². The van der Waals surface area contributed by atoms with Crippen molar-refractivity contribution in [1.29, 1.82) is 0 Å². The van der Waals surface area contributed by atoms with Crippen LogP contribution in [0.25, 0.3) is 0 Å². The van der Waals surface area contributed by atoms with Crippen molar-refractivity contribution in [1.82, 2.24) is 0 Å². The van der Waals surface area contributed by atoms with Crippen molar-refractivity contribution < 1.29 is 27.4 Å². The van der Waals surface area contributed by atoms with Crippen LogP contribution in [0.3, 0.4) is 0 Å². The molecule has 0 fully saturated rings. The first-order valence-corrected chi connectivity index (χ1v) is 10.4. The van der Waals surface area contributed by atoms with E-state index in [1.807, 2.05) is 13.1 Å². The number of rotatable bonds is 6.